The predicted octanol–water partition coefficient (Wildman–Crippen LogP) is 13.6. The summed E-state index contributed by atoms with van der Waals surface area (Å²) in [6, 6.07) is 54.2. The maximum atomic E-state index is 2.78. The van der Waals surface area contributed by atoms with Gasteiger partial charge in [0, 0.05) is 46.2 Å². The molecule has 63 heavy (non-hydrogen) atoms. The van der Waals surface area contributed by atoms with Crippen LogP contribution in [0.25, 0.3) is 44.4 Å². The second kappa shape index (κ2) is 13.5. The van der Waals surface area contributed by atoms with Crippen LogP contribution in [-0.2, 0) is 42.2 Å². The highest BCUT2D eigenvalue weighted by Crippen LogP contribution is 2.54. The second-order valence-electron chi connectivity index (χ2n) is 21.2. The first-order valence-corrected chi connectivity index (χ1v) is 23.4. The first kappa shape index (κ1) is 38.6. The fraction of sp³-hybridized carbons (Fsp3) is 0.267. The van der Waals surface area contributed by atoms with Crippen LogP contribution in [0.3, 0.4) is 0 Å². The van der Waals surface area contributed by atoms with Gasteiger partial charge in [-0.25, -0.2) is 0 Å². The van der Waals surface area contributed by atoms with Crippen molar-refractivity contribution in [3.63, 3.8) is 0 Å². The standard InChI is InChI=1S/C60H57BN2/c1-37-33-40-26-25-39-19-16-22-45-53-57(44-21-13-15-24-48(44)60(53,7)8)62(56(39)45)32-31-61-54(40)51(34-37)63(36-41-27-28-42(58(2,3)4)35-46(41)38-17-10-9-11-18-38)50-30-29-49-52(55(50)61)43-20-12-14-23-47(43)59(49,5)6/h9-24,27-30,33-35H,25-26,31-32,36H2,1-8H3. The molecule has 0 atom stereocenters. The molecule has 0 bridgehead atoms. The highest BCUT2D eigenvalue weighted by Gasteiger charge is 2.45. The normalized spacial score (nSPS) is 16.3. The summed E-state index contributed by atoms with van der Waals surface area (Å²) in [5.74, 6) is 0. The van der Waals surface area contributed by atoms with E-state index >= 15 is 0 Å². The van der Waals surface area contributed by atoms with Gasteiger partial charge in [0.15, 0.2) is 0 Å². The minimum atomic E-state index is -0.0942. The number of anilines is 2. The molecule has 0 saturated heterocycles. The summed E-state index contributed by atoms with van der Waals surface area (Å²) in [7, 11) is 0. The number of aromatic nitrogens is 1. The van der Waals surface area contributed by atoms with Gasteiger partial charge >= 0.3 is 0 Å². The number of benzene rings is 7. The molecule has 12 rings (SSSR count). The van der Waals surface area contributed by atoms with Crippen LogP contribution in [0.4, 0.5) is 11.4 Å². The zero-order chi connectivity index (χ0) is 43.2. The Morgan fingerprint density at radius 1 is 0.603 bits per heavy atom. The van der Waals surface area contributed by atoms with Crippen LogP contribution >= 0.6 is 0 Å². The largest absolute Gasteiger partial charge is 0.341 e. The second-order valence-corrected chi connectivity index (χ2v) is 21.2. The molecule has 0 amide bonds. The third-order valence-electron chi connectivity index (χ3n) is 15.8. The summed E-state index contributed by atoms with van der Waals surface area (Å²) in [6.07, 6.45) is 3.03. The van der Waals surface area contributed by atoms with Crippen molar-refractivity contribution in [1.82, 2.24) is 4.57 Å². The Morgan fingerprint density at radius 2 is 1.32 bits per heavy atom. The molecule has 1 aromatic heterocycles. The predicted molar refractivity (Wildman–Crippen MR) is 268 cm³/mol. The van der Waals surface area contributed by atoms with Crippen LogP contribution in [0.5, 0.6) is 0 Å². The highest BCUT2D eigenvalue weighted by atomic mass is 15.1. The first-order valence-electron chi connectivity index (χ1n) is 23.4. The molecule has 4 aliphatic rings. The van der Waals surface area contributed by atoms with Gasteiger partial charge in [0.05, 0.1) is 11.2 Å². The number of para-hydroxylation sites is 1. The maximum absolute atomic E-state index is 2.78. The third kappa shape index (κ3) is 5.51. The summed E-state index contributed by atoms with van der Waals surface area (Å²) in [6.45, 7) is 21.1. The van der Waals surface area contributed by atoms with E-state index in [1.54, 1.807) is 0 Å². The lowest BCUT2D eigenvalue weighted by Crippen LogP contribution is -2.53. The van der Waals surface area contributed by atoms with Gasteiger partial charge in [-0.1, -0.05) is 181 Å². The van der Waals surface area contributed by atoms with E-state index < -0.39 is 0 Å². The van der Waals surface area contributed by atoms with Crippen LogP contribution in [0, 0.1) is 6.92 Å². The van der Waals surface area contributed by atoms with E-state index in [-0.39, 0.29) is 23.0 Å². The van der Waals surface area contributed by atoms with Crippen molar-refractivity contribution in [3.8, 4) is 33.5 Å². The zero-order valence-corrected chi connectivity index (χ0v) is 38.3. The van der Waals surface area contributed by atoms with Gasteiger partial charge in [0.1, 0.15) is 0 Å². The van der Waals surface area contributed by atoms with Gasteiger partial charge in [-0.2, -0.15) is 0 Å². The molecule has 0 radical (unpaired) electrons. The Balaban J connectivity index is 1.12. The van der Waals surface area contributed by atoms with Crippen molar-refractivity contribution in [3.05, 3.63) is 190 Å². The number of aryl methyl sites for hydroxylation is 4. The molecule has 3 heterocycles. The number of hydrogen-bond donors (Lipinski definition) is 0. The maximum Gasteiger partial charge on any atom is 0.217 e. The molecule has 8 aromatic rings. The Hall–Kier alpha value is -6.06. The zero-order valence-electron chi connectivity index (χ0n) is 38.3. The number of nitrogens with zero attached hydrogens (tertiary/aromatic N) is 2. The summed E-state index contributed by atoms with van der Waals surface area (Å²) in [5.41, 5.74) is 28.4. The van der Waals surface area contributed by atoms with Crippen molar-refractivity contribution >= 4 is 39.9 Å². The average molecular weight is 817 g/mol. The Kier molecular flexibility index (Phi) is 8.26. The van der Waals surface area contributed by atoms with Gasteiger partial charge in [-0.15, -0.1) is 0 Å². The number of hydrogen-bond acceptors (Lipinski definition) is 1. The lowest BCUT2D eigenvalue weighted by Gasteiger charge is -2.41. The lowest BCUT2D eigenvalue weighted by molar-refractivity contribution is 0.590. The van der Waals surface area contributed by atoms with Crippen molar-refractivity contribution in [1.29, 1.82) is 0 Å². The molecular weight excluding hydrogens is 759 g/mol. The Bertz CT molecular complexity index is 3210. The quantitative estimate of drug-likeness (QED) is 0.161. The third-order valence-corrected chi connectivity index (χ3v) is 15.8. The van der Waals surface area contributed by atoms with Gasteiger partial charge in [-0.3, -0.25) is 0 Å². The minimum Gasteiger partial charge on any atom is -0.341 e. The Morgan fingerprint density at radius 3 is 2.10 bits per heavy atom. The molecule has 0 unspecified atom stereocenters. The molecule has 2 nitrogen and oxygen atoms in total. The lowest BCUT2D eigenvalue weighted by atomic mass is 9.35. The smallest absolute Gasteiger partial charge is 0.217 e. The fourth-order valence-electron chi connectivity index (χ4n) is 12.8. The SMILES string of the molecule is Cc1cc2c3c(c1)N(Cc1ccc(C(C)(C)C)cc1-c1ccccc1)c1ccc4c(c1B3CCn1c3c(c5cccc(c51)CC2)C(C)(C)c1ccccc1-3)-c1ccccc1C4(C)C. The number of rotatable bonds is 3. The average Bonchev–Trinajstić information content (AvgIpc) is 3.83. The van der Waals surface area contributed by atoms with E-state index in [0.717, 1.165) is 32.3 Å². The van der Waals surface area contributed by atoms with Crippen molar-refractivity contribution in [2.75, 3.05) is 4.90 Å². The molecule has 0 fully saturated rings. The molecule has 2 aliphatic carbocycles. The monoisotopic (exact) mass is 816 g/mol. The van der Waals surface area contributed by atoms with Crippen molar-refractivity contribution in [2.24, 2.45) is 0 Å². The van der Waals surface area contributed by atoms with Crippen LogP contribution in [-0.4, -0.2) is 11.3 Å². The highest BCUT2D eigenvalue weighted by molar-refractivity contribution is 6.89. The van der Waals surface area contributed by atoms with Crippen molar-refractivity contribution in [2.45, 2.75) is 104 Å². The van der Waals surface area contributed by atoms with Gasteiger partial charge in [-0.05, 0) is 121 Å². The molecule has 310 valence electrons. The molecule has 7 aromatic carbocycles. The van der Waals surface area contributed by atoms with E-state index in [2.05, 4.69) is 204 Å². The van der Waals surface area contributed by atoms with Gasteiger partial charge in [0.25, 0.3) is 0 Å². The van der Waals surface area contributed by atoms with E-state index in [0.29, 0.717) is 0 Å². The summed E-state index contributed by atoms with van der Waals surface area (Å²) < 4.78 is 2.78. The van der Waals surface area contributed by atoms with Crippen LogP contribution in [0.2, 0.25) is 6.32 Å². The number of fused-ring (bicyclic) bond motifs is 11. The fourth-order valence-corrected chi connectivity index (χ4v) is 12.8. The molecular formula is C60H57BN2. The molecule has 2 aliphatic heterocycles. The summed E-state index contributed by atoms with van der Waals surface area (Å²) in [4.78, 5) is 2.73. The van der Waals surface area contributed by atoms with Crippen LogP contribution < -0.4 is 15.8 Å². The van der Waals surface area contributed by atoms with Crippen LogP contribution in [0.1, 0.15) is 98.5 Å². The van der Waals surface area contributed by atoms with Gasteiger partial charge < -0.3 is 9.47 Å². The molecule has 0 spiro atoms. The Labute approximate surface area is 374 Å². The van der Waals surface area contributed by atoms with E-state index in [9.17, 15) is 0 Å². The molecule has 0 N–H and O–H groups in total. The topological polar surface area (TPSA) is 8.17 Å². The summed E-state index contributed by atoms with van der Waals surface area (Å²) in [5, 5.41) is 1.44. The van der Waals surface area contributed by atoms with Crippen molar-refractivity contribution < 1.29 is 0 Å². The first-order chi connectivity index (χ1) is 30.3. The van der Waals surface area contributed by atoms with Gasteiger partial charge in [0.2, 0.25) is 6.71 Å². The summed E-state index contributed by atoms with van der Waals surface area (Å²) >= 11 is 0. The molecule has 3 heteroatoms. The van der Waals surface area contributed by atoms with E-state index in [1.165, 1.54) is 117 Å². The minimum absolute atomic E-state index is 0.0409. The van der Waals surface area contributed by atoms with Crippen LogP contribution in [0.15, 0.2) is 140 Å². The van der Waals surface area contributed by atoms with E-state index in [1.807, 2.05) is 0 Å². The molecule has 0 saturated carbocycles. The van der Waals surface area contributed by atoms with E-state index in [4.69, 9.17) is 0 Å².